The van der Waals surface area contributed by atoms with E-state index in [1.54, 1.807) is 23.9 Å². The number of allylic oxidation sites excluding steroid dienone is 5. The number of thioether (sulfide) groups is 1. The van der Waals surface area contributed by atoms with Crippen LogP contribution in [0.5, 0.6) is 0 Å². The molecule has 0 bridgehead atoms. The van der Waals surface area contributed by atoms with Crippen molar-refractivity contribution in [1.82, 2.24) is 0 Å². The summed E-state index contributed by atoms with van der Waals surface area (Å²) in [5.74, 6) is 0.454. The van der Waals surface area contributed by atoms with Crippen LogP contribution < -0.4 is 0 Å². The highest BCUT2D eigenvalue weighted by Gasteiger charge is 2.20. The van der Waals surface area contributed by atoms with Gasteiger partial charge in [-0.1, -0.05) is 37.8 Å². The molecule has 3 heteroatoms. The summed E-state index contributed by atoms with van der Waals surface area (Å²) in [6.45, 7) is 5.87. The highest BCUT2D eigenvalue weighted by atomic mass is 32.2. The number of hydrogen-bond donors (Lipinski definition) is 0. The highest BCUT2D eigenvalue weighted by molar-refractivity contribution is 8.04. The SMILES string of the molecule is C=CC1=CC(C)C(C=CC=C(C#N)C#N)S1. The molecule has 2 nitrogen and oxygen atoms in total. The molecule has 80 valence electrons. The second-order valence-electron chi connectivity index (χ2n) is 3.40. The first-order valence-electron chi connectivity index (χ1n) is 4.91. The van der Waals surface area contributed by atoms with Crippen molar-refractivity contribution < 1.29 is 0 Å². The maximum absolute atomic E-state index is 8.55. The predicted molar refractivity (Wildman–Crippen MR) is 67.3 cm³/mol. The van der Waals surface area contributed by atoms with Crippen LogP contribution in [0.1, 0.15) is 6.92 Å². The van der Waals surface area contributed by atoms with Gasteiger partial charge in [0.1, 0.15) is 17.7 Å². The molecule has 2 atom stereocenters. The van der Waals surface area contributed by atoms with E-state index in [0.29, 0.717) is 11.2 Å². The lowest BCUT2D eigenvalue weighted by Crippen LogP contribution is -2.02. The van der Waals surface area contributed by atoms with Crippen molar-refractivity contribution in [2.75, 3.05) is 0 Å². The molecule has 2 unspecified atom stereocenters. The molecule has 1 rings (SSSR count). The molecule has 0 spiro atoms. The van der Waals surface area contributed by atoms with Gasteiger partial charge in [-0.2, -0.15) is 10.5 Å². The third-order valence-corrected chi connectivity index (χ3v) is 3.66. The quantitative estimate of drug-likeness (QED) is 0.550. The van der Waals surface area contributed by atoms with Gasteiger partial charge in [0, 0.05) is 10.2 Å². The molecule has 1 heterocycles. The van der Waals surface area contributed by atoms with E-state index < -0.39 is 0 Å². The van der Waals surface area contributed by atoms with E-state index in [1.807, 2.05) is 24.3 Å². The van der Waals surface area contributed by atoms with Crippen LogP contribution in [0.4, 0.5) is 0 Å². The molecule has 16 heavy (non-hydrogen) atoms. The van der Waals surface area contributed by atoms with E-state index in [9.17, 15) is 0 Å². The van der Waals surface area contributed by atoms with Crippen molar-refractivity contribution >= 4 is 11.8 Å². The third kappa shape index (κ3) is 3.15. The summed E-state index contributed by atoms with van der Waals surface area (Å²) in [6, 6.07) is 3.64. The number of hydrogen-bond acceptors (Lipinski definition) is 3. The molecule has 0 aliphatic carbocycles. The zero-order valence-electron chi connectivity index (χ0n) is 9.05. The van der Waals surface area contributed by atoms with Crippen LogP contribution in [0.3, 0.4) is 0 Å². The van der Waals surface area contributed by atoms with Crippen molar-refractivity contribution in [3.05, 3.63) is 47.4 Å². The van der Waals surface area contributed by atoms with E-state index >= 15 is 0 Å². The zero-order chi connectivity index (χ0) is 12.0. The minimum atomic E-state index is 0.129. The first kappa shape index (κ1) is 12.4. The maximum atomic E-state index is 8.55. The molecule has 0 N–H and O–H groups in total. The van der Waals surface area contributed by atoms with E-state index in [2.05, 4.69) is 19.6 Å². The van der Waals surface area contributed by atoms with E-state index in [0.717, 1.165) is 0 Å². The number of nitriles is 2. The lowest BCUT2D eigenvalue weighted by atomic mass is 10.1. The van der Waals surface area contributed by atoms with E-state index in [1.165, 1.54) is 4.91 Å². The summed E-state index contributed by atoms with van der Waals surface area (Å²) in [5.41, 5.74) is 0.129. The lowest BCUT2D eigenvalue weighted by Gasteiger charge is -2.07. The summed E-state index contributed by atoms with van der Waals surface area (Å²) in [7, 11) is 0. The fourth-order valence-electron chi connectivity index (χ4n) is 1.35. The van der Waals surface area contributed by atoms with Crippen LogP contribution in [0.25, 0.3) is 0 Å². The molecule has 0 aromatic carbocycles. The monoisotopic (exact) mass is 228 g/mol. The molecule has 0 saturated heterocycles. The Labute approximate surface area is 100 Å². The summed E-state index contributed by atoms with van der Waals surface area (Å²) < 4.78 is 0. The van der Waals surface area contributed by atoms with Gasteiger partial charge in [0.15, 0.2) is 0 Å². The molecule has 1 aliphatic rings. The Morgan fingerprint density at radius 1 is 1.50 bits per heavy atom. The molecule has 1 aliphatic heterocycles. The predicted octanol–water partition coefficient (Wildman–Crippen LogP) is 3.34. The van der Waals surface area contributed by atoms with Crippen molar-refractivity contribution in [3.63, 3.8) is 0 Å². The van der Waals surface area contributed by atoms with Gasteiger partial charge in [-0.15, -0.1) is 11.8 Å². The highest BCUT2D eigenvalue weighted by Crippen LogP contribution is 2.37. The number of nitrogens with zero attached hydrogens (tertiary/aromatic N) is 2. The summed E-state index contributed by atoms with van der Waals surface area (Å²) >= 11 is 1.75. The molecule has 0 aromatic heterocycles. The van der Waals surface area contributed by atoms with Crippen molar-refractivity contribution in [2.24, 2.45) is 5.92 Å². The fourth-order valence-corrected chi connectivity index (χ4v) is 2.52. The Hall–Kier alpha value is -1.71. The Balaban J connectivity index is 2.62. The standard InChI is InChI=1S/C13H12N2S/c1-3-12-7-10(2)13(16-12)6-4-5-11(8-14)9-15/h3-7,10,13H,1H2,2H3. The van der Waals surface area contributed by atoms with Crippen molar-refractivity contribution in [2.45, 2.75) is 12.2 Å². The molecule has 0 amide bonds. The summed E-state index contributed by atoms with van der Waals surface area (Å²) in [5, 5.41) is 17.5. The lowest BCUT2D eigenvalue weighted by molar-refractivity contribution is 0.773. The third-order valence-electron chi connectivity index (χ3n) is 2.22. The molecule has 0 aromatic rings. The molecular formula is C13H12N2S. The van der Waals surface area contributed by atoms with Crippen molar-refractivity contribution in [3.8, 4) is 12.1 Å². The second-order valence-corrected chi connectivity index (χ2v) is 4.66. The smallest absolute Gasteiger partial charge is 0.129 e. The topological polar surface area (TPSA) is 47.6 Å². The Kier molecular flexibility index (Phi) is 4.64. The van der Waals surface area contributed by atoms with Gasteiger partial charge in [-0.25, -0.2) is 0 Å². The Morgan fingerprint density at radius 3 is 2.69 bits per heavy atom. The van der Waals surface area contributed by atoms with Crippen LogP contribution in [0.2, 0.25) is 0 Å². The van der Waals surface area contributed by atoms with Gasteiger partial charge >= 0.3 is 0 Å². The Bertz CT molecular complexity index is 428. The first-order valence-corrected chi connectivity index (χ1v) is 5.78. The summed E-state index contributed by atoms with van der Waals surface area (Å²) in [6.07, 6.45) is 9.35. The van der Waals surface area contributed by atoms with Gasteiger partial charge in [0.25, 0.3) is 0 Å². The van der Waals surface area contributed by atoms with Gasteiger partial charge in [-0.05, 0) is 12.0 Å². The van der Waals surface area contributed by atoms with Crippen LogP contribution in [-0.4, -0.2) is 5.25 Å². The second kappa shape index (κ2) is 6.00. The van der Waals surface area contributed by atoms with Gasteiger partial charge in [-0.3, -0.25) is 0 Å². The van der Waals surface area contributed by atoms with Gasteiger partial charge in [0.05, 0.1) is 0 Å². The van der Waals surface area contributed by atoms with Crippen LogP contribution in [0, 0.1) is 28.6 Å². The molecular weight excluding hydrogens is 216 g/mol. The van der Waals surface area contributed by atoms with E-state index in [4.69, 9.17) is 10.5 Å². The first-order chi connectivity index (χ1) is 7.71. The number of rotatable bonds is 3. The van der Waals surface area contributed by atoms with Crippen molar-refractivity contribution in [1.29, 1.82) is 10.5 Å². The zero-order valence-corrected chi connectivity index (χ0v) is 9.87. The molecule has 0 saturated carbocycles. The van der Waals surface area contributed by atoms with Gasteiger partial charge < -0.3 is 0 Å². The average molecular weight is 228 g/mol. The van der Waals surface area contributed by atoms with Crippen LogP contribution in [0.15, 0.2) is 47.4 Å². The minimum Gasteiger partial charge on any atom is -0.192 e. The Morgan fingerprint density at radius 2 is 2.19 bits per heavy atom. The van der Waals surface area contributed by atoms with Crippen LogP contribution in [-0.2, 0) is 0 Å². The molecule has 0 fully saturated rings. The van der Waals surface area contributed by atoms with E-state index in [-0.39, 0.29) is 5.57 Å². The van der Waals surface area contributed by atoms with Crippen LogP contribution >= 0.6 is 11.8 Å². The van der Waals surface area contributed by atoms with Gasteiger partial charge in [0.2, 0.25) is 0 Å². The minimum absolute atomic E-state index is 0.129. The summed E-state index contributed by atoms with van der Waals surface area (Å²) in [4.78, 5) is 1.19. The largest absolute Gasteiger partial charge is 0.192 e. The normalized spacial score (nSPS) is 23.3. The average Bonchev–Trinajstić information content (AvgIpc) is 2.66. The maximum Gasteiger partial charge on any atom is 0.129 e. The molecule has 0 radical (unpaired) electrons. The fraction of sp³-hybridized carbons (Fsp3) is 0.231.